The van der Waals surface area contributed by atoms with Gasteiger partial charge in [-0.2, -0.15) is 0 Å². The monoisotopic (exact) mass is 365 g/mol. The fourth-order valence-electron chi connectivity index (χ4n) is 2.27. The molecule has 1 N–H and O–H groups in total. The maximum absolute atomic E-state index is 11.8. The predicted octanol–water partition coefficient (Wildman–Crippen LogP) is 3.51. The summed E-state index contributed by atoms with van der Waals surface area (Å²) in [7, 11) is -4.14. The second kappa shape index (κ2) is 7.81. The maximum Gasteiger partial charge on any atom is 2.00 e. The Kier molecular flexibility index (Phi) is 7.75. The summed E-state index contributed by atoms with van der Waals surface area (Å²) < 4.78 is 16.2. The minimum Gasteiger partial charge on any atom is -0.768 e. The van der Waals surface area contributed by atoms with Crippen molar-refractivity contribution in [2.45, 2.75) is 58.5 Å². The van der Waals surface area contributed by atoms with Gasteiger partial charge in [0.1, 0.15) is 11.9 Å². The van der Waals surface area contributed by atoms with Crippen molar-refractivity contribution >= 4 is 45.3 Å². The first-order valence-electron chi connectivity index (χ1n) is 7.09. The summed E-state index contributed by atoms with van der Waals surface area (Å²) in [5.74, 6) is 0.211. The van der Waals surface area contributed by atoms with E-state index in [0.717, 1.165) is 0 Å². The number of rotatable bonds is 3. The summed E-state index contributed by atoms with van der Waals surface area (Å²) in [6, 6.07) is 3.41. The Labute approximate surface area is 170 Å². The number of phenols is 1. The molecular weight excluding hydrogens is 339 g/mol. The molecule has 0 radical (unpaired) electrons. The van der Waals surface area contributed by atoms with Gasteiger partial charge >= 0.3 is 37.7 Å². The molecular formula is C17H26CaO4P+. The average Bonchev–Trinajstić information content (AvgIpc) is 2.27. The van der Waals surface area contributed by atoms with E-state index < -0.39 is 7.60 Å². The van der Waals surface area contributed by atoms with Crippen LogP contribution in [0.15, 0.2) is 12.1 Å². The third kappa shape index (κ3) is 6.33. The van der Waals surface area contributed by atoms with Crippen molar-refractivity contribution in [2.75, 3.05) is 0 Å². The van der Waals surface area contributed by atoms with Crippen LogP contribution >= 0.6 is 7.60 Å². The van der Waals surface area contributed by atoms with Crippen LogP contribution in [0, 0.1) is 12.5 Å². The van der Waals surface area contributed by atoms with E-state index in [2.05, 4.69) is 4.52 Å². The summed E-state index contributed by atoms with van der Waals surface area (Å²) in [4.78, 5) is 11.8. The van der Waals surface area contributed by atoms with Crippen LogP contribution in [-0.4, -0.2) is 42.8 Å². The van der Waals surface area contributed by atoms with Crippen LogP contribution in [0.1, 0.15) is 59.7 Å². The van der Waals surface area contributed by atoms with E-state index in [1.54, 1.807) is 18.2 Å². The van der Waals surface area contributed by atoms with Gasteiger partial charge in [-0.3, -0.25) is 4.57 Å². The van der Waals surface area contributed by atoms with Crippen molar-refractivity contribution in [2.24, 2.45) is 0 Å². The first kappa shape index (κ1) is 22.8. The Morgan fingerprint density at radius 3 is 1.91 bits per heavy atom. The van der Waals surface area contributed by atoms with E-state index >= 15 is 0 Å². The van der Waals surface area contributed by atoms with E-state index in [-0.39, 0.29) is 61.9 Å². The minimum atomic E-state index is -4.14. The van der Waals surface area contributed by atoms with Gasteiger partial charge in [-0.1, -0.05) is 60.1 Å². The van der Waals surface area contributed by atoms with Crippen molar-refractivity contribution in [1.82, 2.24) is 0 Å². The number of terminal acetylenes is 1. The van der Waals surface area contributed by atoms with Gasteiger partial charge in [0.2, 0.25) is 7.60 Å². The first-order valence-corrected chi connectivity index (χ1v) is 8.82. The molecule has 0 bridgehead atoms. The third-order valence-corrected chi connectivity index (χ3v) is 4.49. The van der Waals surface area contributed by atoms with Gasteiger partial charge in [-0.25, -0.2) is 0 Å². The quantitative estimate of drug-likeness (QED) is 0.506. The molecule has 124 valence electrons. The summed E-state index contributed by atoms with van der Waals surface area (Å²) in [6.45, 7) is 11.8. The van der Waals surface area contributed by atoms with E-state index in [9.17, 15) is 14.6 Å². The zero-order valence-electron chi connectivity index (χ0n) is 14.8. The van der Waals surface area contributed by atoms with E-state index in [0.29, 0.717) is 16.7 Å². The molecule has 0 fully saturated rings. The molecule has 1 aromatic carbocycles. The topological polar surface area (TPSA) is 69.6 Å². The van der Waals surface area contributed by atoms with Gasteiger partial charge in [-0.15, -0.1) is 0 Å². The maximum atomic E-state index is 11.8. The van der Waals surface area contributed by atoms with Crippen molar-refractivity contribution in [3.05, 3.63) is 28.8 Å². The molecule has 0 saturated heterocycles. The van der Waals surface area contributed by atoms with Gasteiger partial charge in [0.15, 0.2) is 0 Å². The number of hydrogen-bond donors (Lipinski definition) is 1. The Morgan fingerprint density at radius 1 is 1.22 bits per heavy atom. The molecule has 23 heavy (non-hydrogen) atoms. The summed E-state index contributed by atoms with van der Waals surface area (Å²) in [5.41, 5.74) is 1.33. The van der Waals surface area contributed by atoms with Crippen LogP contribution in [0.2, 0.25) is 0 Å². The molecule has 0 spiro atoms. The van der Waals surface area contributed by atoms with Gasteiger partial charge in [0.05, 0.1) is 0 Å². The molecule has 0 saturated carbocycles. The SMILES string of the molecule is C#COP(=O)([O-])Cc1cc(C(C)(C)C)c(O)c(C(C)(C)C)c1.[Ca+2].[HH]. The zero-order chi connectivity index (χ0) is 17.3. The second-order valence-electron chi connectivity index (χ2n) is 7.52. The van der Waals surface area contributed by atoms with Crippen molar-refractivity contribution in [1.29, 1.82) is 0 Å². The summed E-state index contributed by atoms with van der Waals surface area (Å²) in [6.07, 6.45) is 6.31. The van der Waals surface area contributed by atoms with Crippen LogP contribution in [-0.2, 0) is 26.1 Å². The molecule has 0 aromatic heterocycles. The molecule has 1 atom stereocenters. The van der Waals surface area contributed by atoms with E-state index in [4.69, 9.17) is 6.42 Å². The largest absolute Gasteiger partial charge is 2.00 e. The Morgan fingerprint density at radius 2 is 1.61 bits per heavy atom. The smallest absolute Gasteiger partial charge is 0.768 e. The van der Waals surface area contributed by atoms with Gasteiger partial charge in [0, 0.05) is 7.59 Å². The van der Waals surface area contributed by atoms with Crippen molar-refractivity contribution in [3.63, 3.8) is 0 Å². The third-order valence-electron chi connectivity index (χ3n) is 3.35. The molecule has 0 heterocycles. The Hall–Kier alpha value is -0.170. The van der Waals surface area contributed by atoms with Crippen LogP contribution in [0.3, 0.4) is 0 Å². The number of hydrogen-bond acceptors (Lipinski definition) is 4. The fourth-order valence-corrected chi connectivity index (χ4v) is 3.12. The van der Waals surface area contributed by atoms with Gasteiger partial charge < -0.3 is 14.5 Å². The summed E-state index contributed by atoms with van der Waals surface area (Å²) in [5, 5.41) is 10.6. The van der Waals surface area contributed by atoms with Crippen molar-refractivity contribution < 1.29 is 20.5 Å². The first-order chi connectivity index (χ1) is 9.78. The second-order valence-corrected chi connectivity index (χ2v) is 9.24. The zero-order valence-corrected chi connectivity index (χ0v) is 17.9. The molecule has 0 amide bonds. The van der Waals surface area contributed by atoms with Crippen LogP contribution in [0.4, 0.5) is 0 Å². The Balaban J connectivity index is 0. The molecule has 0 aliphatic carbocycles. The van der Waals surface area contributed by atoms with Gasteiger partial charge in [0.25, 0.3) is 0 Å². The predicted molar refractivity (Wildman–Crippen MR) is 94.6 cm³/mol. The summed E-state index contributed by atoms with van der Waals surface area (Å²) >= 11 is 0. The molecule has 0 aliphatic heterocycles. The molecule has 1 unspecified atom stereocenters. The standard InChI is InChI=1S/C17H25O4P.Ca.H2/c1-8-21-22(19,20)11-12-9-13(16(2,3)4)15(18)14(10-12)17(5,6)7;;/h1,9-10,18H,11H2,2-7H3,(H,19,20);;1H/q;+2;/p-1. The van der Waals surface area contributed by atoms with Crippen LogP contribution in [0.25, 0.3) is 0 Å². The molecule has 4 nitrogen and oxygen atoms in total. The minimum absolute atomic E-state index is 0. The van der Waals surface area contributed by atoms with E-state index in [1.807, 2.05) is 41.5 Å². The Bertz CT molecular complexity index is 619. The molecule has 1 aromatic rings. The average molecular weight is 365 g/mol. The van der Waals surface area contributed by atoms with E-state index in [1.165, 1.54) is 0 Å². The molecule has 6 heteroatoms. The van der Waals surface area contributed by atoms with Crippen LogP contribution < -0.4 is 4.89 Å². The van der Waals surface area contributed by atoms with Crippen molar-refractivity contribution in [3.8, 4) is 18.3 Å². The normalized spacial score (nSPS) is 14.3. The number of aromatic hydroxyl groups is 1. The molecule has 0 aliphatic rings. The van der Waals surface area contributed by atoms with Gasteiger partial charge in [-0.05, 0) is 27.5 Å². The number of benzene rings is 1. The number of phenolic OH excluding ortho intramolecular Hbond substituents is 1. The molecule has 1 rings (SSSR count). The van der Waals surface area contributed by atoms with Crippen LogP contribution in [0.5, 0.6) is 5.75 Å². The fraction of sp³-hybridized carbons (Fsp3) is 0.529.